The average molecular weight is 379 g/mol. The average Bonchev–Trinajstić information content (AvgIpc) is 3.09. The topological polar surface area (TPSA) is 79.2 Å². The Hall–Kier alpha value is -2.58. The van der Waals surface area contributed by atoms with E-state index in [4.69, 9.17) is 11.6 Å². The van der Waals surface area contributed by atoms with Gasteiger partial charge in [-0.05, 0) is 24.6 Å². The molecule has 0 bridgehead atoms. The summed E-state index contributed by atoms with van der Waals surface area (Å²) in [5.41, 5.74) is 1.03. The molecular weight excluding hydrogens is 367 g/mol. The van der Waals surface area contributed by atoms with Crippen LogP contribution >= 0.6 is 22.9 Å². The van der Waals surface area contributed by atoms with Crippen LogP contribution in [-0.4, -0.2) is 26.2 Å². The Labute approximate surface area is 151 Å². The molecule has 3 aromatic rings. The first-order valence-electron chi connectivity index (χ1n) is 7.18. The Bertz CT molecular complexity index is 890. The van der Waals surface area contributed by atoms with E-state index >= 15 is 0 Å². The minimum Gasteiger partial charge on any atom is -0.465 e. The van der Waals surface area contributed by atoms with Crippen molar-refractivity contribution >= 4 is 35.0 Å². The van der Waals surface area contributed by atoms with Gasteiger partial charge in [0, 0.05) is 17.6 Å². The van der Waals surface area contributed by atoms with Crippen molar-refractivity contribution in [1.82, 2.24) is 15.0 Å². The largest absolute Gasteiger partial charge is 0.465 e. The monoisotopic (exact) mass is 378 g/mol. The second kappa shape index (κ2) is 7.12. The number of halogens is 2. The van der Waals surface area contributed by atoms with Crippen molar-refractivity contribution in [2.45, 2.75) is 13.0 Å². The number of anilines is 1. The minimum absolute atomic E-state index is 0.0676. The number of carboxylic acid groups (broad SMARTS) is 1. The Morgan fingerprint density at radius 2 is 2.04 bits per heavy atom. The van der Waals surface area contributed by atoms with Gasteiger partial charge in [-0.25, -0.2) is 29.0 Å². The molecular formula is C16H12ClFN4O2S. The van der Waals surface area contributed by atoms with Gasteiger partial charge < -0.3 is 5.11 Å². The van der Waals surface area contributed by atoms with Crippen molar-refractivity contribution in [2.75, 3.05) is 4.90 Å². The number of aromatic nitrogens is 3. The van der Waals surface area contributed by atoms with Crippen LogP contribution in [0.5, 0.6) is 0 Å². The van der Waals surface area contributed by atoms with Crippen LogP contribution in [0.1, 0.15) is 18.5 Å². The molecule has 1 unspecified atom stereocenters. The molecule has 1 atom stereocenters. The second-order valence-corrected chi connectivity index (χ2v) is 6.38. The molecule has 1 amide bonds. The molecule has 128 valence electrons. The summed E-state index contributed by atoms with van der Waals surface area (Å²) in [5.74, 6) is -0.468. The standard InChI is InChI=1S/C16H12ClFN4O2S/c1-9(10-2-4-11(18)5-3-10)22(16(23)24)15-20-12(8-13(17)21-15)14-19-6-7-25-14/h2-9H,1H3,(H,23,24). The van der Waals surface area contributed by atoms with Gasteiger partial charge in [-0.3, -0.25) is 0 Å². The summed E-state index contributed by atoms with van der Waals surface area (Å²) >= 11 is 7.40. The highest BCUT2D eigenvalue weighted by Crippen LogP contribution is 2.29. The Balaban J connectivity index is 2.03. The van der Waals surface area contributed by atoms with Gasteiger partial charge in [-0.2, -0.15) is 0 Å². The summed E-state index contributed by atoms with van der Waals surface area (Å²) in [6, 6.07) is 6.45. The lowest BCUT2D eigenvalue weighted by Gasteiger charge is -2.25. The van der Waals surface area contributed by atoms with Crippen molar-refractivity contribution in [3.8, 4) is 10.7 Å². The summed E-state index contributed by atoms with van der Waals surface area (Å²) in [5, 5.41) is 12.1. The molecule has 6 nitrogen and oxygen atoms in total. The van der Waals surface area contributed by atoms with E-state index in [2.05, 4.69) is 15.0 Å². The van der Waals surface area contributed by atoms with E-state index in [1.165, 1.54) is 41.7 Å². The molecule has 0 saturated heterocycles. The zero-order valence-electron chi connectivity index (χ0n) is 12.9. The SMILES string of the molecule is CC(c1ccc(F)cc1)N(C(=O)O)c1nc(Cl)cc(-c2nccs2)n1. The van der Waals surface area contributed by atoms with Gasteiger partial charge in [0.2, 0.25) is 5.95 Å². The van der Waals surface area contributed by atoms with Crippen molar-refractivity contribution in [2.24, 2.45) is 0 Å². The van der Waals surface area contributed by atoms with E-state index in [9.17, 15) is 14.3 Å². The van der Waals surface area contributed by atoms with Crippen LogP contribution in [0.4, 0.5) is 15.1 Å². The highest BCUT2D eigenvalue weighted by atomic mass is 35.5. The number of amides is 1. The Morgan fingerprint density at radius 1 is 1.32 bits per heavy atom. The zero-order chi connectivity index (χ0) is 18.0. The van der Waals surface area contributed by atoms with Gasteiger partial charge in [-0.15, -0.1) is 11.3 Å². The summed E-state index contributed by atoms with van der Waals surface area (Å²) in [6.45, 7) is 1.66. The number of rotatable bonds is 4. The van der Waals surface area contributed by atoms with Crippen LogP contribution in [0.15, 0.2) is 41.9 Å². The first-order valence-corrected chi connectivity index (χ1v) is 8.43. The quantitative estimate of drug-likeness (QED) is 0.669. The van der Waals surface area contributed by atoms with Crippen molar-refractivity contribution in [1.29, 1.82) is 0 Å². The van der Waals surface area contributed by atoms with E-state index in [0.717, 1.165) is 4.90 Å². The molecule has 0 fully saturated rings. The van der Waals surface area contributed by atoms with Gasteiger partial charge in [0.1, 0.15) is 21.7 Å². The molecule has 0 radical (unpaired) electrons. The molecule has 0 aliphatic heterocycles. The number of thiazole rings is 1. The minimum atomic E-state index is -1.25. The Morgan fingerprint density at radius 3 is 2.64 bits per heavy atom. The Kier molecular flexibility index (Phi) is 4.91. The van der Waals surface area contributed by atoms with Gasteiger partial charge in [0.15, 0.2) is 0 Å². The number of hydrogen-bond acceptors (Lipinski definition) is 5. The van der Waals surface area contributed by atoms with Crippen LogP contribution in [0.3, 0.4) is 0 Å². The van der Waals surface area contributed by atoms with Gasteiger partial charge in [-0.1, -0.05) is 23.7 Å². The lowest BCUT2D eigenvalue weighted by molar-refractivity contribution is 0.199. The molecule has 0 spiro atoms. The van der Waals surface area contributed by atoms with Gasteiger partial charge in [0.25, 0.3) is 0 Å². The predicted octanol–water partition coefficient (Wildman–Crippen LogP) is 4.64. The third-order valence-corrected chi connectivity index (χ3v) is 4.49. The molecule has 0 aliphatic rings. The van der Waals surface area contributed by atoms with Crippen molar-refractivity contribution in [3.63, 3.8) is 0 Å². The van der Waals surface area contributed by atoms with E-state index in [-0.39, 0.29) is 11.1 Å². The maximum absolute atomic E-state index is 13.1. The highest BCUT2D eigenvalue weighted by Gasteiger charge is 2.26. The summed E-state index contributed by atoms with van der Waals surface area (Å²) in [4.78, 5) is 25.3. The molecule has 9 heteroatoms. The molecule has 0 saturated carbocycles. The molecule has 3 rings (SSSR count). The molecule has 1 aromatic carbocycles. The van der Waals surface area contributed by atoms with Gasteiger partial charge in [0.05, 0.1) is 6.04 Å². The van der Waals surface area contributed by atoms with Crippen LogP contribution in [0.25, 0.3) is 10.7 Å². The van der Waals surface area contributed by atoms with Crippen LogP contribution in [-0.2, 0) is 0 Å². The first-order chi connectivity index (χ1) is 12.0. The fraction of sp³-hybridized carbons (Fsp3) is 0.125. The normalized spacial score (nSPS) is 12.0. The van der Waals surface area contributed by atoms with E-state index in [1.54, 1.807) is 18.5 Å². The second-order valence-electron chi connectivity index (χ2n) is 5.09. The summed E-state index contributed by atoms with van der Waals surface area (Å²) in [6.07, 6.45) is 0.371. The highest BCUT2D eigenvalue weighted by molar-refractivity contribution is 7.13. The third kappa shape index (κ3) is 3.75. The fourth-order valence-corrected chi connectivity index (χ4v) is 3.06. The maximum Gasteiger partial charge on any atom is 0.414 e. The number of benzene rings is 1. The van der Waals surface area contributed by atoms with Crippen molar-refractivity contribution in [3.05, 3.63) is 58.4 Å². The molecule has 1 N–H and O–H groups in total. The van der Waals surface area contributed by atoms with E-state index in [0.29, 0.717) is 16.3 Å². The zero-order valence-corrected chi connectivity index (χ0v) is 14.5. The molecule has 25 heavy (non-hydrogen) atoms. The lowest BCUT2D eigenvalue weighted by Crippen LogP contribution is -2.33. The van der Waals surface area contributed by atoms with Crippen molar-refractivity contribution < 1.29 is 14.3 Å². The number of hydrogen-bond donors (Lipinski definition) is 1. The van der Waals surface area contributed by atoms with Crippen LogP contribution in [0.2, 0.25) is 5.15 Å². The fourth-order valence-electron chi connectivity index (χ4n) is 2.29. The third-order valence-electron chi connectivity index (χ3n) is 3.50. The predicted molar refractivity (Wildman–Crippen MR) is 93.5 cm³/mol. The van der Waals surface area contributed by atoms with E-state index in [1.807, 2.05) is 0 Å². The number of nitrogens with zero attached hydrogens (tertiary/aromatic N) is 4. The van der Waals surface area contributed by atoms with Gasteiger partial charge >= 0.3 is 6.09 Å². The maximum atomic E-state index is 13.1. The molecule has 2 aromatic heterocycles. The smallest absolute Gasteiger partial charge is 0.414 e. The summed E-state index contributed by atoms with van der Waals surface area (Å²) < 4.78 is 13.1. The molecule has 0 aliphatic carbocycles. The lowest BCUT2D eigenvalue weighted by atomic mass is 10.1. The first kappa shape index (κ1) is 17.2. The van der Waals surface area contributed by atoms with Crippen LogP contribution < -0.4 is 4.90 Å². The summed E-state index contributed by atoms with van der Waals surface area (Å²) in [7, 11) is 0. The van der Waals surface area contributed by atoms with E-state index < -0.39 is 18.0 Å². The molecule has 2 heterocycles. The van der Waals surface area contributed by atoms with Crippen LogP contribution in [0, 0.1) is 5.82 Å². The number of carbonyl (C=O) groups is 1.